The molecule has 2 rings (SSSR count). The first-order valence-corrected chi connectivity index (χ1v) is 10.6. The quantitative estimate of drug-likeness (QED) is 0.675. The Labute approximate surface area is 123 Å². The van der Waals surface area contributed by atoms with Crippen LogP contribution >= 0.6 is 24.0 Å². The third-order valence-electron chi connectivity index (χ3n) is 3.19. The van der Waals surface area contributed by atoms with E-state index < -0.39 is 19.7 Å². The largest absolute Gasteiger partial charge is 0.356 e. The predicted molar refractivity (Wildman–Crippen MR) is 81.7 cm³/mol. The Kier molecular flexibility index (Phi) is 4.29. The monoisotopic (exact) mass is 341 g/mol. The van der Waals surface area contributed by atoms with Crippen molar-refractivity contribution in [3.8, 4) is 0 Å². The molecule has 0 aromatic heterocycles. The highest BCUT2D eigenvalue weighted by Gasteiger charge is 2.32. The molecule has 2 heterocycles. The minimum Gasteiger partial charge on any atom is -0.356 e. The molecule has 0 aromatic rings. The van der Waals surface area contributed by atoms with Crippen LogP contribution in [-0.2, 0) is 19.7 Å². The van der Waals surface area contributed by atoms with E-state index in [1.807, 2.05) is 0 Å². The lowest BCUT2D eigenvalue weighted by atomic mass is 10.2. The van der Waals surface area contributed by atoms with Gasteiger partial charge in [-0.3, -0.25) is 0 Å². The van der Waals surface area contributed by atoms with E-state index in [4.69, 9.17) is 12.2 Å². The highest BCUT2D eigenvalue weighted by Crippen LogP contribution is 2.28. The Balaban J connectivity index is 1.94. The lowest BCUT2D eigenvalue weighted by Gasteiger charge is -2.25. The van der Waals surface area contributed by atoms with E-state index in [2.05, 4.69) is 0 Å². The van der Waals surface area contributed by atoms with Crippen LogP contribution in [-0.4, -0.2) is 62.2 Å². The fourth-order valence-electron chi connectivity index (χ4n) is 2.04. The normalized spacial score (nSPS) is 28.1. The Morgan fingerprint density at radius 1 is 1.37 bits per heavy atom. The molecule has 1 saturated heterocycles. The van der Waals surface area contributed by atoms with Gasteiger partial charge in [0.2, 0.25) is 0 Å². The van der Waals surface area contributed by atoms with Gasteiger partial charge in [0.05, 0.1) is 23.0 Å². The first kappa shape index (κ1) is 15.3. The van der Waals surface area contributed by atoms with Crippen molar-refractivity contribution in [2.24, 2.45) is 0 Å². The zero-order chi connectivity index (χ0) is 14.3. The molecule has 1 fully saturated rings. The third kappa shape index (κ3) is 3.93. The number of sulfone groups is 2. The number of thiocarbonyl (C=S) groups is 1. The maximum Gasteiger partial charge on any atom is 0.158 e. The van der Waals surface area contributed by atoms with Crippen LogP contribution in [0, 0.1) is 0 Å². The summed E-state index contributed by atoms with van der Waals surface area (Å²) in [5.74, 6) is 0.433. The highest BCUT2D eigenvalue weighted by molar-refractivity contribution is 8.25. The molecule has 2 aliphatic heterocycles. The van der Waals surface area contributed by atoms with E-state index >= 15 is 0 Å². The number of thioether (sulfide) groups is 1. The van der Waals surface area contributed by atoms with E-state index in [-0.39, 0.29) is 29.1 Å². The van der Waals surface area contributed by atoms with Gasteiger partial charge >= 0.3 is 0 Å². The first-order chi connectivity index (χ1) is 8.69. The van der Waals surface area contributed by atoms with Crippen molar-refractivity contribution in [3.05, 3.63) is 11.0 Å². The average Bonchev–Trinajstić information content (AvgIpc) is 2.80. The molecule has 0 amide bonds. The van der Waals surface area contributed by atoms with Crippen molar-refractivity contribution < 1.29 is 16.8 Å². The second-order valence-corrected chi connectivity index (χ2v) is 10.9. The number of hydrogen-bond acceptors (Lipinski definition) is 6. The van der Waals surface area contributed by atoms with Gasteiger partial charge in [0.25, 0.3) is 0 Å². The molecular weight excluding hydrogens is 326 g/mol. The van der Waals surface area contributed by atoms with Crippen LogP contribution in [0.2, 0.25) is 0 Å². The van der Waals surface area contributed by atoms with Crippen LogP contribution < -0.4 is 0 Å². The van der Waals surface area contributed by atoms with Gasteiger partial charge in [-0.2, -0.15) is 0 Å². The van der Waals surface area contributed by atoms with Crippen molar-refractivity contribution in [2.45, 2.75) is 12.5 Å². The van der Waals surface area contributed by atoms with Crippen molar-refractivity contribution in [3.63, 3.8) is 0 Å². The molecule has 0 radical (unpaired) electrons. The van der Waals surface area contributed by atoms with Crippen molar-refractivity contribution in [1.29, 1.82) is 0 Å². The fourth-order valence-corrected chi connectivity index (χ4v) is 6.97. The highest BCUT2D eigenvalue weighted by atomic mass is 32.2. The van der Waals surface area contributed by atoms with Crippen LogP contribution in [0.15, 0.2) is 11.0 Å². The second-order valence-electron chi connectivity index (χ2n) is 4.76. The maximum atomic E-state index is 11.4. The zero-order valence-electron chi connectivity index (χ0n) is 10.4. The third-order valence-corrected chi connectivity index (χ3v) is 8.12. The van der Waals surface area contributed by atoms with Gasteiger partial charge in [0.1, 0.15) is 4.32 Å². The first-order valence-electron chi connectivity index (χ1n) is 5.73. The van der Waals surface area contributed by atoms with E-state index in [0.29, 0.717) is 10.7 Å². The molecule has 0 aromatic carbocycles. The zero-order valence-corrected chi connectivity index (χ0v) is 13.7. The van der Waals surface area contributed by atoms with E-state index in [1.54, 1.807) is 18.0 Å². The number of nitrogens with zero attached hydrogens (tertiary/aromatic N) is 1. The summed E-state index contributed by atoms with van der Waals surface area (Å²) < 4.78 is 46.1. The van der Waals surface area contributed by atoms with Crippen molar-refractivity contribution in [1.82, 2.24) is 4.90 Å². The lowest BCUT2D eigenvalue weighted by molar-refractivity contribution is 0.409. The molecule has 0 aliphatic carbocycles. The van der Waals surface area contributed by atoms with Gasteiger partial charge in [-0.05, 0) is 6.42 Å². The summed E-state index contributed by atoms with van der Waals surface area (Å²) in [6.07, 6.45) is 2.25. The van der Waals surface area contributed by atoms with Crippen LogP contribution in [0.1, 0.15) is 6.42 Å². The molecule has 2 aliphatic rings. The predicted octanol–water partition coefficient (Wildman–Crippen LogP) is 0.436. The van der Waals surface area contributed by atoms with Crippen LogP contribution in [0.25, 0.3) is 0 Å². The molecule has 0 saturated carbocycles. The molecule has 1 atom stereocenters. The smallest absolute Gasteiger partial charge is 0.158 e. The Bertz CT molecular complexity index is 620. The molecule has 19 heavy (non-hydrogen) atoms. The standard InChI is InChI=1S/C10H15NO4S4/c1-11(8-2-4-18(12,13)6-8)10(16)17-9-3-5-19(14,15)7-9/h3,8H,2,4-7H2,1H3. The summed E-state index contributed by atoms with van der Waals surface area (Å²) in [6, 6.07) is -0.0939. The molecule has 5 nitrogen and oxygen atoms in total. The molecule has 1 unspecified atom stereocenters. The van der Waals surface area contributed by atoms with Crippen LogP contribution in [0.4, 0.5) is 0 Å². The number of rotatable bonds is 2. The van der Waals surface area contributed by atoms with Crippen molar-refractivity contribution in [2.75, 3.05) is 30.1 Å². The summed E-state index contributed by atoms with van der Waals surface area (Å²) >= 11 is 6.51. The Morgan fingerprint density at radius 2 is 2.05 bits per heavy atom. The van der Waals surface area contributed by atoms with Gasteiger partial charge in [-0.1, -0.05) is 30.1 Å². The second kappa shape index (κ2) is 5.34. The van der Waals surface area contributed by atoms with Gasteiger partial charge in [0.15, 0.2) is 19.7 Å². The molecule has 0 bridgehead atoms. The molecule has 0 N–H and O–H groups in total. The Morgan fingerprint density at radius 3 is 2.53 bits per heavy atom. The molecule has 108 valence electrons. The number of hydrogen-bond donors (Lipinski definition) is 0. The minimum atomic E-state index is -2.99. The van der Waals surface area contributed by atoms with Gasteiger partial charge in [-0.15, -0.1) is 0 Å². The van der Waals surface area contributed by atoms with Gasteiger partial charge in [0, 0.05) is 18.0 Å². The molecule has 9 heteroatoms. The van der Waals surface area contributed by atoms with Crippen LogP contribution in [0.5, 0.6) is 0 Å². The van der Waals surface area contributed by atoms with E-state index in [1.165, 1.54) is 11.8 Å². The summed E-state index contributed by atoms with van der Waals surface area (Å²) in [5, 5.41) is 0. The fraction of sp³-hybridized carbons (Fsp3) is 0.700. The SMILES string of the molecule is CN(C(=S)SC1=CCS(=O)(=O)C1)C1CCS(=O)(=O)C1. The van der Waals surface area contributed by atoms with Crippen molar-refractivity contribution >= 4 is 48.0 Å². The molecule has 0 spiro atoms. The lowest BCUT2D eigenvalue weighted by Crippen LogP contribution is -2.35. The Hall–Kier alpha value is -0.120. The minimum absolute atomic E-state index is 0.0363. The van der Waals surface area contributed by atoms with Gasteiger partial charge < -0.3 is 4.90 Å². The van der Waals surface area contributed by atoms with E-state index in [0.717, 1.165) is 4.91 Å². The van der Waals surface area contributed by atoms with E-state index in [9.17, 15) is 16.8 Å². The topological polar surface area (TPSA) is 71.5 Å². The maximum absolute atomic E-state index is 11.4. The van der Waals surface area contributed by atoms with Crippen LogP contribution in [0.3, 0.4) is 0 Å². The summed E-state index contributed by atoms with van der Waals surface area (Å²) in [4.78, 5) is 2.51. The summed E-state index contributed by atoms with van der Waals surface area (Å²) in [5.41, 5.74) is 0. The molecular formula is C10H15NO4S4. The van der Waals surface area contributed by atoms with Gasteiger partial charge in [-0.25, -0.2) is 16.8 Å². The average molecular weight is 342 g/mol. The summed E-state index contributed by atoms with van der Waals surface area (Å²) in [6.45, 7) is 0. The summed E-state index contributed by atoms with van der Waals surface area (Å²) in [7, 11) is -4.16.